The van der Waals surface area contributed by atoms with E-state index in [1.165, 1.54) is 0 Å². The maximum atomic E-state index is 14.0. The molecule has 3 aliphatic rings. The number of carbonyl (C=O) groups is 3. The monoisotopic (exact) mass is 526 g/mol. The average Bonchev–Trinajstić information content (AvgIpc) is 3.08. The van der Waals surface area contributed by atoms with Crippen LogP contribution < -0.4 is 14.8 Å². The Bertz CT molecular complexity index is 1240. The molecule has 10 nitrogen and oxygen atoms in total. The van der Waals surface area contributed by atoms with Gasteiger partial charge >= 0.3 is 5.97 Å². The molecule has 1 aliphatic carbocycles. The molecule has 3 atom stereocenters. The van der Waals surface area contributed by atoms with E-state index in [0.29, 0.717) is 23.0 Å². The molecule has 4 rings (SSSR count). The van der Waals surface area contributed by atoms with Crippen molar-refractivity contribution < 1.29 is 38.4 Å². The molecule has 1 aromatic rings. The second-order valence-corrected chi connectivity index (χ2v) is 10.6. The SMILES string of the molecule is COc1cccc([C@@H]2C=C(C)C3=COC[C@@H](C(C)(C)C)N4C(=O)[C@@H](CC(=O)NCC(=O)O)OC2=C34)c1OC. The third-order valence-electron chi connectivity index (χ3n) is 6.98. The molecule has 0 saturated heterocycles. The summed E-state index contributed by atoms with van der Waals surface area (Å²) in [7, 11) is 3.12. The number of hydrogen-bond acceptors (Lipinski definition) is 7. The second kappa shape index (κ2) is 10.4. The van der Waals surface area contributed by atoms with E-state index in [-0.39, 0.29) is 30.4 Å². The van der Waals surface area contributed by atoms with Gasteiger partial charge in [0.1, 0.15) is 18.9 Å². The normalized spacial score (nSPS) is 22.7. The number of nitrogens with zero attached hydrogens (tertiary/aromatic N) is 1. The van der Waals surface area contributed by atoms with Crippen molar-refractivity contribution in [2.24, 2.45) is 5.41 Å². The smallest absolute Gasteiger partial charge is 0.322 e. The van der Waals surface area contributed by atoms with E-state index < -0.39 is 30.4 Å². The van der Waals surface area contributed by atoms with Crippen LogP contribution >= 0.6 is 0 Å². The van der Waals surface area contributed by atoms with Crippen molar-refractivity contribution in [3.8, 4) is 11.5 Å². The summed E-state index contributed by atoms with van der Waals surface area (Å²) in [5.74, 6) is -1.03. The van der Waals surface area contributed by atoms with Gasteiger partial charge in [0.05, 0.1) is 44.6 Å². The maximum Gasteiger partial charge on any atom is 0.322 e. The molecular formula is C28H34N2O8. The highest BCUT2D eigenvalue weighted by Crippen LogP contribution is 2.50. The van der Waals surface area contributed by atoms with E-state index in [4.69, 9.17) is 24.1 Å². The summed E-state index contributed by atoms with van der Waals surface area (Å²) in [5.41, 5.74) is 2.63. The fraction of sp³-hybridized carbons (Fsp3) is 0.464. The van der Waals surface area contributed by atoms with Crippen LogP contribution in [0.5, 0.6) is 11.5 Å². The molecule has 0 spiro atoms. The Kier molecular flexibility index (Phi) is 7.44. The van der Waals surface area contributed by atoms with Crippen molar-refractivity contribution in [3.05, 3.63) is 58.7 Å². The highest BCUT2D eigenvalue weighted by molar-refractivity contribution is 5.91. The zero-order chi connectivity index (χ0) is 27.8. The summed E-state index contributed by atoms with van der Waals surface area (Å²) < 4.78 is 23.6. The number of nitrogens with one attached hydrogen (secondary N) is 1. The van der Waals surface area contributed by atoms with Gasteiger partial charge in [-0.3, -0.25) is 19.3 Å². The van der Waals surface area contributed by atoms with Crippen LogP contribution in [0.25, 0.3) is 0 Å². The number of allylic oxidation sites excluding steroid dienone is 2. The van der Waals surface area contributed by atoms with Crippen molar-refractivity contribution in [2.75, 3.05) is 27.4 Å². The van der Waals surface area contributed by atoms with Gasteiger partial charge in [0.15, 0.2) is 17.6 Å². The van der Waals surface area contributed by atoms with Gasteiger partial charge in [-0.25, -0.2) is 0 Å². The summed E-state index contributed by atoms with van der Waals surface area (Å²) in [4.78, 5) is 39.2. The van der Waals surface area contributed by atoms with Crippen LogP contribution in [0.3, 0.4) is 0 Å². The van der Waals surface area contributed by atoms with Crippen molar-refractivity contribution in [3.63, 3.8) is 0 Å². The zero-order valence-corrected chi connectivity index (χ0v) is 22.5. The van der Waals surface area contributed by atoms with Gasteiger partial charge in [-0.05, 0) is 24.0 Å². The lowest BCUT2D eigenvalue weighted by molar-refractivity contribution is -0.151. The number of hydrogen-bond donors (Lipinski definition) is 2. The Morgan fingerprint density at radius 1 is 1.21 bits per heavy atom. The van der Waals surface area contributed by atoms with E-state index in [1.54, 1.807) is 31.4 Å². The van der Waals surface area contributed by atoms with Crippen LogP contribution in [0.2, 0.25) is 0 Å². The van der Waals surface area contributed by atoms with Gasteiger partial charge in [-0.2, -0.15) is 0 Å². The third-order valence-corrected chi connectivity index (χ3v) is 6.98. The van der Waals surface area contributed by atoms with E-state index >= 15 is 0 Å². The van der Waals surface area contributed by atoms with Crippen LogP contribution in [-0.4, -0.2) is 67.3 Å². The number of methoxy groups -OCH3 is 2. The molecule has 0 aromatic heterocycles. The van der Waals surface area contributed by atoms with E-state index in [9.17, 15) is 14.4 Å². The van der Waals surface area contributed by atoms with E-state index in [0.717, 1.165) is 16.7 Å². The molecule has 2 amide bonds. The van der Waals surface area contributed by atoms with Gasteiger partial charge < -0.3 is 29.4 Å². The highest BCUT2D eigenvalue weighted by Gasteiger charge is 2.49. The van der Waals surface area contributed by atoms with Crippen molar-refractivity contribution in [1.29, 1.82) is 0 Å². The summed E-state index contributed by atoms with van der Waals surface area (Å²) in [6, 6.07) is 5.20. The number of para-hydroxylation sites is 1. The number of rotatable bonds is 7. The molecule has 0 fully saturated rings. The molecule has 38 heavy (non-hydrogen) atoms. The molecular weight excluding hydrogens is 492 g/mol. The third kappa shape index (κ3) is 4.94. The minimum Gasteiger partial charge on any atom is -0.498 e. The maximum absolute atomic E-state index is 14.0. The molecule has 2 aliphatic heterocycles. The molecule has 1 aromatic carbocycles. The number of carboxylic acids is 1. The van der Waals surface area contributed by atoms with E-state index in [2.05, 4.69) is 5.32 Å². The molecule has 2 N–H and O–H groups in total. The minimum absolute atomic E-state index is 0.258. The number of ether oxygens (including phenoxy) is 4. The summed E-state index contributed by atoms with van der Waals surface area (Å²) in [5, 5.41) is 11.3. The highest BCUT2D eigenvalue weighted by atomic mass is 16.5. The lowest BCUT2D eigenvalue weighted by atomic mass is 9.80. The molecule has 0 bridgehead atoms. The molecule has 204 valence electrons. The average molecular weight is 527 g/mol. The molecule has 0 radical (unpaired) electrons. The first-order valence-corrected chi connectivity index (χ1v) is 12.4. The Hall–Kier alpha value is -3.95. The predicted molar refractivity (Wildman–Crippen MR) is 137 cm³/mol. The molecule has 0 unspecified atom stereocenters. The fourth-order valence-corrected chi connectivity index (χ4v) is 5.05. The summed E-state index contributed by atoms with van der Waals surface area (Å²) in [6.07, 6.45) is 2.19. The van der Waals surface area contributed by atoms with Gasteiger partial charge in [0.25, 0.3) is 5.91 Å². The predicted octanol–water partition coefficient (Wildman–Crippen LogP) is 3.11. The van der Waals surface area contributed by atoms with Crippen molar-refractivity contribution in [2.45, 2.75) is 52.2 Å². The first kappa shape index (κ1) is 27.1. The minimum atomic E-state index is -1.18. The Morgan fingerprint density at radius 2 is 1.95 bits per heavy atom. The Balaban J connectivity index is 1.88. The van der Waals surface area contributed by atoms with Gasteiger partial charge in [0.2, 0.25) is 5.91 Å². The Labute approximate surface area is 221 Å². The number of aliphatic carboxylic acids is 1. The number of amides is 2. The van der Waals surface area contributed by atoms with Gasteiger partial charge in [0, 0.05) is 11.1 Å². The first-order chi connectivity index (χ1) is 18.0. The summed E-state index contributed by atoms with van der Waals surface area (Å²) >= 11 is 0. The fourth-order valence-electron chi connectivity index (χ4n) is 5.05. The Morgan fingerprint density at radius 3 is 2.58 bits per heavy atom. The number of benzene rings is 1. The lowest BCUT2D eigenvalue weighted by Crippen LogP contribution is -2.56. The van der Waals surface area contributed by atoms with Crippen LogP contribution in [-0.2, 0) is 23.9 Å². The topological polar surface area (TPSA) is 124 Å². The van der Waals surface area contributed by atoms with Crippen molar-refractivity contribution >= 4 is 17.8 Å². The summed E-state index contributed by atoms with van der Waals surface area (Å²) in [6.45, 7) is 7.74. The van der Waals surface area contributed by atoms with Gasteiger partial charge in [-0.15, -0.1) is 0 Å². The molecule has 10 heteroatoms. The molecule has 2 heterocycles. The van der Waals surface area contributed by atoms with Crippen molar-refractivity contribution in [1.82, 2.24) is 10.2 Å². The molecule has 0 saturated carbocycles. The quantitative estimate of drug-likeness (QED) is 0.556. The second-order valence-electron chi connectivity index (χ2n) is 10.6. The lowest BCUT2D eigenvalue weighted by Gasteiger charge is -2.46. The first-order valence-electron chi connectivity index (χ1n) is 12.4. The van der Waals surface area contributed by atoms with E-state index in [1.807, 2.05) is 45.9 Å². The zero-order valence-electron chi connectivity index (χ0n) is 22.5. The number of carboxylic acid groups (broad SMARTS) is 1. The van der Waals surface area contributed by atoms with Crippen LogP contribution in [0.1, 0.15) is 45.6 Å². The van der Waals surface area contributed by atoms with Gasteiger partial charge in [-0.1, -0.05) is 39.0 Å². The van der Waals surface area contributed by atoms with Crippen LogP contribution in [0, 0.1) is 5.41 Å². The largest absolute Gasteiger partial charge is 0.498 e. The van der Waals surface area contributed by atoms with Crippen LogP contribution in [0.15, 0.2) is 53.1 Å². The standard InChI is InChI=1S/C28H34N2O8/c1-15-10-17(16-8-7-9-19(35-5)25(16)36-6)26-24-18(15)13-37-14-21(28(2,3)4)30(24)27(34)20(38-26)11-22(31)29-12-23(32)33/h7-10,13,17,20-21H,11-12,14H2,1-6H3,(H,29,31)(H,32,33)/t17-,20+,21-/m0/s1. The number of carbonyl (C=O) groups excluding carboxylic acids is 2. The van der Waals surface area contributed by atoms with Crippen LogP contribution in [0.4, 0.5) is 0 Å².